The van der Waals surface area contributed by atoms with Gasteiger partial charge in [-0.1, -0.05) is 19.1 Å². The van der Waals surface area contributed by atoms with Gasteiger partial charge in [-0.25, -0.2) is 9.78 Å². The molecular formula is C32H32N4O5S. The number of fused-ring (bicyclic) bond motifs is 3. The fourth-order valence-electron chi connectivity index (χ4n) is 5.19. The van der Waals surface area contributed by atoms with Gasteiger partial charge in [-0.2, -0.15) is 11.3 Å². The number of nitrogens with two attached hydrogens (primary N) is 1. The van der Waals surface area contributed by atoms with Crippen molar-refractivity contribution in [2.24, 2.45) is 5.73 Å². The normalized spacial score (nSPS) is 12.0. The van der Waals surface area contributed by atoms with Crippen molar-refractivity contribution in [3.8, 4) is 28.0 Å². The Morgan fingerprint density at radius 2 is 1.76 bits per heavy atom. The van der Waals surface area contributed by atoms with Gasteiger partial charge in [0.25, 0.3) is 11.8 Å². The molecule has 0 spiro atoms. The van der Waals surface area contributed by atoms with Gasteiger partial charge in [0.2, 0.25) is 0 Å². The number of thiophene rings is 1. The van der Waals surface area contributed by atoms with Crippen LogP contribution in [-0.4, -0.2) is 41.0 Å². The number of anilines is 1. The second kappa shape index (κ2) is 12.1. The molecule has 0 radical (unpaired) electrons. The molecule has 1 aliphatic rings. The van der Waals surface area contributed by atoms with Crippen LogP contribution in [0.1, 0.15) is 66.9 Å². The summed E-state index contributed by atoms with van der Waals surface area (Å²) in [5.74, 6) is -1.66. The summed E-state index contributed by atoms with van der Waals surface area (Å²) in [5.41, 5.74) is 12.5. The van der Waals surface area contributed by atoms with E-state index < -0.39 is 17.8 Å². The van der Waals surface area contributed by atoms with E-state index in [0.717, 1.165) is 39.8 Å². The molecule has 9 nitrogen and oxygen atoms in total. The third-order valence-electron chi connectivity index (χ3n) is 7.25. The zero-order chi connectivity index (χ0) is 30.0. The lowest BCUT2D eigenvalue weighted by Gasteiger charge is -2.18. The highest BCUT2D eigenvalue weighted by molar-refractivity contribution is 7.08. The van der Waals surface area contributed by atoms with E-state index in [9.17, 15) is 19.5 Å². The monoisotopic (exact) mass is 584 g/mol. The highest BCUT2D eigenvalue weighted by Crippen LogP contribution is 2.42. The minimum absolute atomic E-state index is 0.0178. The number of benzene rings is 2. The van der Waals surface area contributed by atoms with E-state index in [1.54, 1.807) is 23.5 Å². The first-order valence-corrected chi connectivity index (χ1v) is 14.7. The maximum atomic E-state index is 14.1. The van der Waals surface area contributed by atoms with E-state index in [1.165, 1.54) is 12.1 Å². The molecule has 2 aromatic carbocycles. The van der Waals surface area contributed by atoms with Gasteiger partial charge in [0.1, 0.15) is 11.4 Å². The van der Waals surface area contributed by atoms with Crippen LogP contribution in [0.4, 0.5) is 5.69 Å². The molecule has 10 heteroatoms. The van der Waals surface area contributed by atoms with Crippen LogP contribution < -0.4 is 21.1 Å². The number of pyridine rings is 1. The second-order valence-electron chi connectivity index (χ2n) is 10.2. The number of nitrogens with zero attached hydrogens (tertiary/aromatic N) is 1. The molecule has 0 saturated heterocycles. The van der Waals surface area contributed by atoms with Crippen molar-refractivity contribution in [2.45, 2.75) is 40.2 Å². The molecule has 0 saturated carbocycles. The minimum atomic E-state index is -1.32. The summed E-state index contributed by atoms with van der Waals surface area (Å²) in [6.07, 6.45) is 1.43. The number of aromatic nitrogens is 1. The molecule has 5 N–H and O–H groups in total. The van der Waals surface area contributed by atoms with Gasteiger partial charge in [0.15, 0.2) is 5.69 Å². The van der Waals surface area contributed by atoms with Crippen molar-refractivity contribution in [1.82, 2.24) is 10.3 Å². The number of rotatable bonds is 8. The predicted octanol–water partition coefficient (Wildman–Crippen LogP) is 5.58. The number of carbonyl (C=O) groups is 3. The summed E-state index contributed by atoms with van der Waals surface area (Å²) >= 11 is 1.58. The van der Waals surface area contributed by atoms with Gasteiger partial charge in [-0.15, -0.1) is 0 Å². The van der Waals surface area contributed by atoms with Crippen LogP contribution in [0.15, 0.2) is 47.2 Å². The quantitative estimate of drug-likeness (QED) is 0.212. The smallest absolute Gasteiger partial charge is 0.355 e. The van der Waals surface area contributed by atoms with E-state index in [4.69, 9.17) is 10.5 Å². The summed E-state index contributed by atoms with van der Waals surface area (Å²) in [6.45, 7) is 6.98. The summed E-state index contributed by atoms with van der Waals surface area (Å²) in [5, 5.41) is 20.0. The van der Waals surface area contributed by atoms with E-state index in [-0.39, 0.29) is 22.5 Å². The average molecular weight is 585 g/mol. The molecule has 2 amide bonds. The van der Waals surface area contributed by atoms with Crippen molar-refractivity contribution >= 4 is 34.8 Å². The molecular weight excluding hydrogens is 552 g/mol. The van der Waals surface area contributed by atoms with E-state index in [2.05, 4.69) is 21.0 Å². The van der Waals surface area contributed by atoms with Gasteiger partial charge in [-0.3, -0.25) is 9.59 Å². The predicted molar refractivity (Wildman–Crippen MR) is 164 cm³/mol. The average Bonchev–Trinajstić information content (AvgIpc) is 3.38. The number of aromatic carboxylic acids is 1. The molecule has 2 aromatic heterocycles. The Morgan fingerprint density at radius 3 is 2.45 bits per heavy atom. The Morgan fingerprint density at radius 1 is 1.00 bits per heavy atom. The lowest BCUT2D eigenvalue weighted by atomic mass is 9.92. The van der Waals surface area contributed by atoms with Crippen molar-refractivity contribution in [3.63, 3.8) is 0 Å². The van der Waals surface area contributed by atoms with E-state index in [0.29, 0.717) is 43.1 Å². The van der Waals surface area contributed by atoms with Crippen LogP contribution in [0.25, 0.3) is 22.3 Å². The first-order valence-electron chi connectivity index (χ1n) is 13.7. The molecule has 216 valence electrons. The summed E-state index contributed by atoms with van der Waals surface area (Å²) in [4.78, 5) is 43.3. The highest BCUT2D eigenvalue weighted by Gasteiger charge is 2.26. The van der Waals surface area contributed by atoms with Crippen LogP contribution >= 0.6 is 11.3 Å². The number of carboxylic acid groups (broad SMARTS) is 1. The lowest BCUT2D eigenvalue weighted by molar-refractivity contribution is 0.0691. The maximum Gasteiger partial charge on any atom is 0.355 e. The first-order chi connectivity index (χ1) is 20.2. The lowest BCUT2D eigenvalue weighted by Crippen LogP contribution is -2.25. The molecule has 0 aliphatic carbocycles. The number of amides is 2. The Kier molecular flexibility index (Phi) is 8.37. The fraction of sp³-hybridized carbons (Fsp3) is 0.250. The number of nitrogens with one attached hydrogen (secondary N) is 2. The van der Waals surface area contributed by atoms with Crippen LogP contribution in [0.3, 0.4) is 0 Å². The van der Waals surface area contributed by atoms with Gasteiger partial charge in [0, 0.05) is 47.5 Å². The summed E-state index contributed by atoms with van der Waals surface area (Å²) in [6, 6.07) is 10.3. The molecule has 42 heavy (non-hydrogen) atoms. The topological polar surface area (TPSA) is 144 Å². The zero-order valence-corrected chi connectivity index (χ0v) is 24.5. The molecule has 1 aliphatic heterocycles. The van der Waals surface area contributed by atoms with Gasteiger partial charge < -0.3 is 26.2 Å². The van der Waals surface area contributed by atoms with Gasteiger partial charge >= 0.3 is 5.97 Å². The molecule has 3 heterocycles. The van der Waals surface area contributed by atoms with Crippen molar-refractivity contribution in [3.05, 3.63) is 86.4 Å². The molecule has 0 fully saturated rings. The van der Waals surface area contributed by atoms with E-state index >= 15 is 0 Å². The number of aryl methyl sites for hydroxylation is 2. The van der Waals surface area contributed by atoms with Crippen LogP contribution in [0.2, 0.25) is 0 Å². The summed E-state index contributed by atoms with van der Waals surface area (Å²) < 4.78 is 6.10. The largest absolute Gasteiger partial charge is 0.493 e. The standard InChI is InChI=1S/C32H32N4O5S/c1-4-8-34-31(38)26-6-5-21(29(35-26)32(39)40)22-13-27-23(25-16-42-15-20(25)7-9-41-27)12-24(22)30(37)36-28-17(2)10-19(14-33)11-18(28)3/h5-6,10-13,15-16H,4,7-9,14,33H2,1-3H3,(H,34,38)(H,36,37)(H,39,40). The third-order valence-corrected chi connectivity index (χ3v) is 8.04. The molecule has 0 atom stereocenters. The van der Waals surface area contributed by atoms with E-state index in [1.807, 2.05) is 38.3 Å². The molecule has 4 aromatic rings. The Bertz CT molecular complexity index is 1690. The Labute approximate surface area is 247 Å². The number of ether oxygens (including phenoxy) is 1. The van der Waals surface area contributed by atoms with Crippen LogP contribution in [0, 0.1) is 13.8 Å². The fourth-order valence-corrected chi connectivity index (χ4v) is 6.08. The van der Waals surface area contributed by atoms with Gasteiger partial charge in [-0.05, 0) is 83.1 Å². The molecule has 0 unspecified atom stereocenters. The highest BCUT2D eigenvalue weighted by atomic mass is 32.1. The molecule has 5 rings (SSSR count). The summed E-state index contributed by atoms with van der Waals surface area (Å²) in [7, 11) is 0. The maximum absolute atomic E-state index is 14.1. The Balaban J connectivity index is 1.68. The van der Waals surface area contributed by atoms with Crippen LogP contribution in [-0.2, 0) is 13.0 Å². The SMILES string of the molecule is CCCNC(=O)c1ccc(-c2cc3c(cc2C(=O)Nc2c(C)cc(CN)cc2C)-c2cscc2CCO3)c(C(=O)O)n1. The van der Waals surface area contributed by atoms with Crippen LogP contribution in [0.5, 0.6) is 5.75 Å². The zero-order valence-electron chi connectivity index (χ0n) is 23.7. The Hall–Kier alpha value is -4.54. The minimum Gasteiger partial charge on any atom is -0.493 e. The number of carbonyl (C=O) groups excluding carboxylic acids is 2. The van der Waals surface area contributed by atoms with Gasteiger partial charge in [0.05, 0.1) is 6.61 Å². The number of hydrogen-bond donors (Lipinski definition) is 4. The number of carboxylic acids is 1. The second-order valence-corrected chi connectivity index (χ2v) is 11.0. The first kappa shape index (κ1) is 29.0. The van der Waals surface area contributed by atoms with Crippen molar-refractivity contribution in [2.75, 3.05) is 18.5 Å². The number of hydrogen-bond acceptors (Lipinski definition) is 7. The third kappa shape index (κ3) is 5.63. The molecule has 0 bridgehead atoms. The van der Waals surface area contributed by atoms with Crippen molar-refractivity contribution in [1.29, 1.82) is 0 Å². The van der Waals surface area contributed by atoms with Crippen molar-refractivity contribution < 1.29 is 24.2 Å².